The van der Waals surface area contributed by atoms with Gasteiger partial charge in [0.15, 0.2) is 0 Å². The van der Waals surface area contributed by atoms with Crippen molar-refractivity contribution < 1.29 is 9.21 Å². The Labute approximate surface area is 70.9 Å². The highest BCUT2D eigenvalue weighted by molar-refractivity contribution is 5.98. The van der Waals surface area contributed by atoms with Crippen molar-refractivity contribution in [2.24, 2.45) is 5.73 Å². The van der Waals surface area contributed by atoms with E-state index in [0.29, 0.717) is 11.3 Å². The second-order valence-corrected chi connectivity index (χ2v) is 2.59. The lowest BCUT2D eigenvalue weighted by Gasteiger charge is -1.99. The number of rotatable bonds is 2. The lowest BCUT2D eigenvalue weighted by Crippen LogP contribution is -2.12. The first-order chi connectivity index (χ1) is 5.63. The maximum Gasteiger partial charge on any atom is 0.244 e. The van der Waals surface area contributed by atoms with E-state index in [0.717, 1.165) is 5.57 Å². The Bertz CT molecular complexity index is 309. The Balaban J connectivity index is 3.05. The normalized spacial score (nSPS) is 12.5. The number of furan rings is 1. The number of hydrogen-bond donors (Lipinski definition) is 1. The summed E-state index contributed by atoms with van der Waals surface area (Å²) in [5, 5.41) is 0. The summed E-state index contributed by atoms with van der Waals surface area (Å²) in [6.07, 6.45) is 1.56. The summed E-state index contributed by atoms with van der Waals surface area (Å²) in [5.41, 5.74) is 6.42. The van der Waals surface area contributed by atoms with Gasteiger partial charge in [-0.3, -0.25) is 4.79 Å². The molecule has 0 saturated heterocycles. The molecule has 1 aromatic rings. The monoisotopic (exact) mass is 165 g/mol. The van der Waals surface area contributed by atoms with Gasteiger partial charge in [0.2, 0.25) is 5.91 Å². The average Bonchev–Trinajstić information content (AvgIpc) is 2.53. The Hall–Kier alpha value is -1.51. The summed E-state index contributed by atoms with van der Waals surface area (Å²) >= 11 is 0. The third-order valence-electron chi connectivity index (χ3n) is 1.82. The highest BCUT2D eigenvalue weighted by atomic mass is 16.3. The van der Waals surface area contributed by atoms with Crippen LogP contribution in [0.2, 0.25) is 0 Å². The van der Waals surface area contributed by atoms with E-state index in [2.05, 4.69) is 0 Å². The lowest BCUT2D eigenvalue weighted by atomic mass is 10.1. The number of hydrogen-bond acceptors (Lipinski definition) is 2. The fourth-order valence-electron chi connectivity index (χ4n) is 0.862. The minimum atomic E-state index is -0.413. The van der Waals surface area contributed by atoms with Crippen molar-refractivity contribution in [3.05, 3.63) is 29.7 Å². The number of carbonyl (C=O) groups excluding carboxylic acids is 1. The Kier molecular flexibility index (Phi) is 2.33. The molecule has 3 nitrogen and oxygen atoms in total. The van der Waals surface area contributed by atoms with Crippen molar-refractivity contribution in [2.75, 3.05) is 0 Å². The Morgan fingerprint density at radius 1 is 1.50 bits per heavy atom. The van der Waals surface area contributed by atoms with Crippen LogP contribution in [0.3, 0.4) is 0 Å². The van der Waals surface area contributed by atoms with Crippen LogP contribution in [-0.2, 0) is 4.79 Å². The van der Waals surface area contributed by atoms with E-state index in [1.807, 2.05) is 0 Å². The first-order valence-corrected chi connectivity index (χ1v) is 3.64. The van der Waals surface area contributed by atoms with Crippen LogP contribution in [0.15, 0.2) is 28.4 Å². The van der Waals surface area contributed by atoms with Gasteiger partial charge in [-0.05, 0) is 31.6 Å². The zero-order chi connectivity index (χ0) is 9.14. The molecule has 0 saturated carbocycles. The Morgan fingerprint density at radius 3 is 2.58 bits per heavy atom. The molecule has 0 radical (unpaired) electrons. The smallest absolute Gasteiger partial charge is 0.244 e. The SMILES string of the molecule is CC(C(N)=O)=C(C)c1ccco1. The molecule has 1 amide bonds. The van der Waals surface area contributed by atoms with E-state index in [1.54, 1.807) is 32.2 Å². The second-order valence-electron chi connectivity index (χ2n) is 2.59. The van der Waals surface area contributed by atoms with Crippen LogP contribution in [-0.4, -0.2) is 5.91 Å². The molecule has 0 bridgehead atoms. The van der Waals surface area contributed by atoms with Gasteiger partial charge in [-0.15, -0.1) is 0 Å². The van der Waals surface area contributed by atoms with Gasteiger partial charge in [0.1, 0.15) is 5.76 Å². The maximum absolute atomic E-state index is 10.8. The van der Waals surface area contributed by atoms with Crippen LogP contribution in [0.5, 0.6) is 0 Å². The minimum absolute atomic E-state index is 0.413. The van der Waals surface area contributed by atoms with E-state index >= 15 is 0 Å². The minimum Gasteiger partial charge on any atom is -0.465 e. The molecular weight excluding hydrogens is 154 g/mol. The van der Waals surface area contributed by atoms with Crippen LogP contribution in [0, 0.1) is 0 Å². The molecule has 0 aliphatic rings. The summed E-state index contributed by atoms with van der Waals surface area (Å²) in [4.78, 5) is 10.8. The molecular formula is C9H11NO2. The molecule has 0 spiro atoms. The van der Waals surface area contributed by atoms with Gasteiger partial charge in [-0.1, -0.05) is 0 Å². The molecule has 64 valence electrons. The van der Waals surface area contributed by atoms with Crippen LogP contribution < -0.4 is 5.73 Å². The molecule has 0 aromatic carbocycles. The van der Waals surface area contributed by atoms with E-state index in [1.165, 1.54) is 0 Å². The number of allylic oxidation sites excluding steroid dienone is 1. The fraction of sp³-hybridized carbons (Fsp3) is 0.222. The molecule has 3 heteroatoms. The molecule has 0 fully saturated rings. The van der Waals surface area contributed by atoms with Crippen molar-refractivity contribution in [3.8, 4) is 0 Å². The standard InChI is InChI=1S/C9H11NO2/c1-6(7(2)9(10)11)8-4-3-5-12-8/h3-5H,1-2H3,(H2,10,11). The van der Waals surface area contributed by atoms with E-state index in [-0.39, 0.29) is 0 Å². The van der Waals surface area contributed by atoms with Gasteiger partial charge < -0.3 is 10.2 Å². The summed E-state index contributed by atoms with van der Waals surface area (Å²) < 4.78 is 5.10. The van der Waals surface area contributed by atoms with Crippen LogP contribution in [0.25, 0.3) is 5.57 Å². The molecule has 0 unspecified atom stereocenters. The van der Waals surface area contributed by atoms with Gasteiger partial charge in [0.05, 0.1) is 6.26 Å². The summed E-state index contributed by atoms with van der Waals surface area (Å²) in [7, 11) is 0. The van der Waals surface area contributed by atoms with Gasteiger partial charge in [-0.25, -0.2) is 0 Å². The van der Waals surface area contributed by atoms with Crippen LogP contribution in [0.4, 0.5) is 0 Å². The molecule has 1 aromatic heterocycles. The molecule has 0 aliphatic heterocycles. The maximum atomic E-state index is 10.8. The second kappa shape index (κ2) is 3.26. The topological polar surface area (TPSA) is 56.2 Å². The molecule has 1 heterocycles. The third-order valence-corrected chi connectivity index (χ3v) is 1.82. The van der Waals surface area contributed by atoms with E-state index < -0.39 is 5.91 Å². The van der Waals surface area contributed by atoms with Crippen molar-refractivity contribution in [1.82, 2.24) is 0 Å². The van der Waals surface area contributed by atoms with Gasteiger partial charge in [-0.2, -0.15) is 0 Å². The van der Waals surface area contributed by atoms with Gasteiger partial charge in [0, 0.05) is 5.57 Å². The number of primary amides is 1. The number of amides is 1. The first-order valence-electron chi connectivity index (χ1n) is 3.64. The van der Waals surface area contributed by atoms with Gasteiger partial charge in [0.25, 0.3) is 0 Å². The predicted octanol–water partition coefficient (Wildman–Crippen LogP) is 1.56. The highest BCUT2D eigenvalue weighted by Gasteiger charge is 2.06. The van der Waals surface area contributed by atoms with Crippen molar-refractivity contribution in [3.63, 3.8) is 0 Å². The summed E-state index contributed by atoms with van der Waals surface area (Å²) in [5.74, 6) is 0.273. The first kappa shape index (κ1) is 8.59. The molecule has 0 atom stereocenters. The quantitative estimate of drug-likeness (QED) is 0.676. The van der Waals surface area contributed by atoms with E-state index in [9.17, 15) is 4.79 Å². The molecule has 2 N–H and O–H groups in total. The van der Waals surface area contributed by atoms with E-state index in [4.69, 9.17) is 10.2 Å². The fourth-order valence-corrected chi connectivity index (χ4v) is 0.862. The number of carbonyl (C=O) groups is 1. The lowest BCUT2D eigenvalue weighted by molar-refractivity contribution is -0.114. The largest absolute Gasteiger partial charge is 0.465 e. The van der Waals surface area contributed by atoms with Crippen LogP contribution in [0.1, 0.15) is 19.6 Å². The third kappa shape index (κ3) is 1.56. The highest BCUT2D eigenvalue weighted by Crippen LogP contribution is 2.17. The summed E-state index contributed by atoms with van der Waals surface area (Å²) in [6, 6.07) is 3.56. The zero-order valence-electron chi connectivity index (χ0n) is 7.13. The van der Waals surface area contributed by atoms with Crippen molar-refractivity contribution in [2.45, 2.75) is 13.8 Å². The average molecular weight is 165 g/mol. The van der Waals surface area contributed by atoms with Crippen molar-refractivity contribution >= 4 is 11.5 Å². The zero-order valence-corrected chi connectivity index (χ0v) is 7.13. The van der Waals surface area contributed by atoms with Crippen LogP contribution >= 0.6 is 0 Å². The van der Waals surface area contributed by atoms with Gasteiger partial charge >= 0.3 is 0 Å². The number of nitrogens with two attached hydrogens (primary N) is 1. The summed E-state index contributed by atoms with van der Waals surface area (Å²) in [6.45, 7) is 3.49. The molecule has 12 heavy (non-hydrogen) atoms. The molecule has 1 rings (SSSR count). The molecule has 0 aliphatic carbocycles. The van der Waals surface area contributed by atoms with Crippen molar-refractivity contribution in [1.29, 1.82) is 0 Å². The Morgan fingerprint density at radius 2 is 2.17 bits per heavy atom. The predicted molar refractivity (Wildman–Crippen MR) is 46.2 cm³/mol.